The van der Waals surface area contributed by atoms with Crippen LogP contribution in [0.1, 0.15) is 50.9 Å². The maximum atomic E-state index is 12.0. The van der Waals surface area contributed by atoms with Crippen LogP contribution in [0.3, 0.4) is 0 Å². The molecule has 0 unspecified atom stereocenters. The van der Waals surface area contributed by atoms with E-state index >= 15 is 0 Å². The van der Waals surface area contributed by atoms with Crippen molar-refractivity contribution < 1.29 is 19.1 Å². The number of piperidine rings is 1. The summed E-state index contributed by atoms with van der Waals surface area (Å²) < 4.78 is 11.2. The molecule has 0 atom stereocenters. The second kappa shape index (κ2) is 7.69. The maximum Gasteiger partial charge on any atom is 0.410 e. The number of carbonyl (C=O) groups excluding carboxylic acids is 2. The number of nitrogens with zero attached hydrogens (tertiary/aromatic N) is 1. The van der Waals surface area contributed by atoms with Crippen LogP contribution in [0.4, 0.5) is 4.79 Å². The molecule has 1 fully saturated rings. The van der Waals surface area contributed by atoms with Gasteiger partial charge in [0.2, 0.25) is 0 Å². The summed E-state index contributed by atoms with van der Waals surface area (Å²) in [5.74, 6) is 1.16. The van der Waals surface area contributed by atoms with Gasteiger partial charge < -0.3 is 14.4 Å². The molecule has 1 aromatic carbocycles. The topological polar surface area (TPSA) is 55.8 Å². The minimum Gasteiger partial charge on any atom is -0.493 e. The minimum atomic E-state index is -0.460. The van der Waals surface area contributed by atoms with E-state index in [1.807, 2.05) is 32.9 Å². The number of rotatable bonds is 4. The Morgan fingerprint density at radius 2 is 1.88 bits per heavy atom. The van der Waals surface area contributed by atoms with E-state index in [4.69, 9.17) is 9.47 Å². The van der Waals surface area contributed by atoms with Crippen LogP contribution in [0, 0.1) is 5.92 Å². The number of ketones is 1. The van der Waals surface area contributed by atoms with Gasteiger partial charge in [-0.3, -0.25) is 4.79 Å². The van der Waals surface area contributed by atoms with Crippen LogP contribution in [-0.4, -0.2) is 42.1 Å². The van der Waals surface area contributed by atoms with Crippen molar-refractivity contribution >= 4 is 11.9 Å². The van der Waals surface area contributed by atoms with E-state index < -0.39 is 5.60 Å². The van der Waals surface area contributed by atoms with E-state index in [1.54, 1.807) is 24.0 Å². The summed E-state index contributed by atoms with van der Waals surface area (Å²) in [5, 5.41) is 0. The molecular weight excluding hydrogens is 306 g/mol. The van der Waals surface area contributed by atoms with Gasteiger partial charge >= 0.3 is 6.09 Å². The number of benzene rings is 1. The van der Waals surface area contributed by atoms with Crippen molar-refractivity contribution in [3.8, 4) is 5.75 Å². The van der Waals surface area contributed by atoms with Crippen LogP contribution in [0.5, 0.6) is 5.75 Å². The lowest BCUT2D eigenvalue weighted by molar-refractivity contribution is 0.0165. The van der Waals surface area contributed by atoms with Crippen molar-refractivity contribution in [2.24, 2.45) is 5.92 Å². The Morgan fingerprint density at radius 3 is 2.46 bits per heavy atom. The highest BCUT2D eigenvalue weighted by Crippen LogP contribution is 2.22. The van der Waals surface area contributed by atoms with E-state index in [-0.39, 0.29) is 11.9 Å². The molecule has 24 heavy (non-hydrogen) atoms. The fourth-order valence-electron chi connectivity index (χ4n) is 2.63. The SMILES string of the molecule is CC(=O)c1cccc(OCC2CCN(C(=O)OC(C)(C)C)CC2)c1. The van der Waals surface area contributed by atoms with Crippen LogP contribution in [0.15, 0.2) is 24.3 Å². The van der Waals surface area contributed by atoms with E-state index in [0.717, 1.165) is 18.6 Å². The molecule has 1 saturated heterocycles. The predicted octanol–water partition coefficient (Wildman–Crippen LogP) is 3.92. The Balaban J connectivity index is 1.78. The van der Waals surface area contributed by atoms with Gasteiger partial charge in [-0.25, -0.2) is 4.79 Å². The summed E-state index contributed by atoms with van der Waals surface area (Å²) in [4.78, 5) is 25.2. The van der Waals surface area contributed by atoms with Gasteiger partial charge in [-0.15, -0.1) is 0 Å². The minimum absolute atomic E-state index is 0.0334. The quantitative estimate of drug-likeness (QED) is 0.784. The molecule has 0 saturated carbocycles. The van der Waals surface area contributed by atoms with Gasteiger partial charge in [0.1, 0.15) is 11.4 Å². The fraction of sp³-hybridized carbons (Fsp3) is 0.579. The Bertz CT molecular complexity index is 583. The number of Topliss-reactive ketones (excluding diaryl/α,β-unsaturated/α-hetero) is 1. The molecule has 5 nitrogen and oxygen atoms in total. The van der Waals surface area contributed by atoms with Gasteiger partial charge in [0, 0.05) is 18.7 Å². The monoisotopic (exact) mass is 333 g/mol. The number of likely N-dealkylation sites (tertiary alicyclic amines) is 1. The lowest BCUT2D eigenvalue weighted by atomic mass is 9.98. The van der Waals surface area contributed by atoms with Crippen molar-refractivity contribution in [3.63, 3.8) is 0 Å². The summed E-state index contributed by atoms with van der Waals surface area (Å²) in [7, 11) is 0. The summed E-state index contributed by atoms with van der Waals surface area (Å²) in [5.41, 5.74) is 0.200. The van der Waals surface area contributed by atoms with Crippen LogP contribution in [-0.2, 0) is 4.74 Å². The number of amides is 1. The van der Waals surface area contributed by atoms with E-state index in [0.29, 0.717) is 31.2 Å². The summed E-state index contributed by atoms with van der Waals surface area (Å²) in [6.45, 7) is 9.16. The molecule has 132 valence electrons. The zero-order valence-corrected chi connectivity index (χ0v) is 15.0. The van der Waals surface area contributed by atoms with Gasteiger partial charge in [-0.05, 0) is 58.6 Å². The maximum absolute atomic E-state index is 12.0. The van der Waals surface area contributed by atoms with Gasteiger partial charge in [-0.1, -0.05) is 12.1 Å². The molecule has 0 aliphatic carbocycles. The molecule has 1 aliphatic rings. The van der Waals surface area contributed by atoms with Crippen LogP contribution in [0.2, 0.25) is 0 Å². The third-order valence-electron chi connectivity index (χ3n) is 3.99. The summed E-state index contributed by atoms with van der Waals surface area (Å²) >= 11 is 0. The first-order valence-electron chi connectivity index (χ1n) is 8.46. The zero-order valence-electron chi connectivity index (χ0n) is 15.0. The van der Waals surface area contributed by atoms with Crippen molar-refractivity contribution in [1.82, 2.24) is 4.90 Å². The third kappa shape index (κ3) is 5.55. The highest BCUT2D eigenvalue weighted by atomic mass is 16.6. The lowest BCUT2D eigenvalue weighted by Gasteiger charge is -2.33. The molecule has 1 amide bonds. The second-order valence-electron chi connectivity index (χ2n) is 7.31. The first kappa shape index (κ1) is 18.3. The molecule has 0 aromatic heterocycles. The highest BCUT2D eigenvalue weighted by molar-refractivity contribution is 5.94. The smallest absolute Gasteiger partial charge is 0.410 e. The molecule has 1 heterocycles. The van der Waals surface area contributed by atoms with Gasteiger partial charge in [0.15, 0.2) is 5.78 Å². The highest BCUT2D eigenvalue weighted by Gasteiger charge is 2.27. The average Bonchev–Trinajstić information content (AvgIpc) is 2.52. The molecule has 1 aliphatic heterocycles. The summed E-state index contributed by atoms with van der Waals surface area (Å²) in [6, 6.07) is 7.26. The normalized spacial score (nSPS) is 15.9. The summed E-state index contributed by atoms with van der Waals surface area (Å²) in [6.07, 6.45) is 1.55. The van der Waals surface area contributed by atoms with Crippen molar-refractivity contribution in [2.75, 3.05) is 19.7 Å². The van der Waals surface area contributed by atoms with E-state index in [1.165, 1.54) is 0 Å². The molecular formula is C19H27NO4. The first-order chi connectivity index (χ1) is 11.2. The number of ether oxygens (including phenoxy) is 2. The Kier molecular flexibility index (Phi) is 5.86. The van der Waals surface area contributed by atoms with Crippen molar-refractivity contribution in [2.45, 2.75) is 46.1 Å². The Hall–Kier alpha value is -2.04. The third-order valence-corrected chi connectivity index (χ3v) is 3.99. The van der Waals surface area contributed by atoms with Crippen molar-refractivity contribution in [3.05, 3.63) is 29.8 Å². The zero-order chi connectivity index (χ0) is 17.7. The number of hydrogen-bond donors (Lipinski definition) is 0. The van der Waals surface area contributed by atoms with Gasteiger partial charge in [0.05, 0.1) is 6.61 Å². The molecule has 1 aromatic rings. The molecule has 0 radical (unpaired) electrons. The Morgan fingerprint density at radius 1 is 1.21 bits per heavy atom. The largest absolute Gasteiger partial charge is 0.493 e. The molecule has 0 spiro atoms. The Labute approximate surface area is 143 Å². The second-order valence-corrected chi connectivity index (χ2v) is 7.31. The van der Waals surface area contributed by atoms with Crippen LogP contribution >= 0.6 is 0 Å². The fourth-order valence-corrected chi connectivity index (χ4v) is 2.63. The van der Waals surface area contributed by atoms with E-state index in [2.05, 4.69) is 0 Å². The van der Waals surface area contributed by atoms with Crippen LogP contribution in [0.25, 0.3) is 0 Å². The van der Waals surface area contributed by atoms with Gasteiger partial charge in [-0.2, -0.15) is 0 Å². The number of hydrogen-bond acceptors (Lipinski definition) is 4. The van der Waals surface area contributed by atoms with Crippen molar-refractivity contribution in [1.29, 1.82) is 0 Å². The van der Waals surface area contributed by atoms with Gasteiger partial charge in [0.25, 0.3) is 0 Å². The lowest BCUT2D eigenvalue weighted by Crippen LogP contribution is -2.42. The van der Waals surface area contributed by atoms with Crippen LogP contribution < -0.4 is 4.74 Å². The first-order valence-corrected chi connectivity index (χ1v) is 8.46. The standard InChI is InChI=1S/C19H27NO4/c1-14(21)16-6-5-7-17(12-16)23-13-15-8-10-20(11-9-15)18(22)24-19(2,3)4/h5-7,12,15H,8-11,13H2,1-4H3. The molecule has 0 bridgehead atoms. The molecule has 2 rings (SSSR count). The number of carbonyl (C=O) groups is 2. The molecule has 0 N–H and O–H groups in total. The van der Waals surface area contributed by atoms with E-state index in [9.17, 15) is 9.59 Å². The molecule has 5 heteroatoms. The average molecular weight is 333 g/mol. The predicted molar refractivity (Wildman–Crippen MR) is 92.5 cm³/mol.